The van der Waals surface area contributed by atoms with Crippen molar-refractivity contribution in [2.75, 3.05) is 5.43 Å². The molecule has 0 unspecified atom stereocenters. The Hall–Kier alpha value is -2.08. The maximum Gasteiger partial charge on any atom is 0.237 e. The highest BCUT2D eigenvalue weighted by Crippen LogP contribution is 2.23. The Kier molecular flexibility index (Phi) is 2.97. The molecule has 0 bridgehead atoms. The van der Waals surface area contributed by atoms with Gasteiger partial charge in [0.2, 0.25) is 5.95 Å². The fourth-order valence-corrected chi connectivity index (χ4v) is 1.46. The monoisotopic (exact) mass is 236 g/mol. The van der Waals surface area contributed by atoms with Gasteiger partial charge in [0, 0.05) is 11.3 Å². The smallest absolute Gasteiger partial charge is 0.237 e. The summed E-state index contributed by atoms with van der Waals surface area (Å²) in [6.45, 7) is 1.71. The van der Waals surface area contributed by atoms with Crippen LogP contribution in [0.2, 0.25) is 0 Å². The van der Waals surface area contributed by atoms with Gasteiger partial charge in [0.15, 0.2) is 0 Å². The number of anilines is 1. The van der Waals surface area contributed by atoms with Gasteiger partial charge in [-0.25, -0.2) is 24.6 Å². The summed E-state index contributed by atoms with van der Waals surface area (Å²) in [6, 6.07) is 4.74. The lowest BCUT2D eigenvalue weighted by Crippen LogP contribution is -2.11. The lowest BCUT2D eigenvalue weighted by molar-refractivity contribution is 0.602. The Morgan fingerprint density at radius 3 is 2.65 bits per heavy atom. The summed E-state index contributed by atoms with van der Waals surface area (Å²) < 4.78 is 26.6. The van der Waals surface area contributed by atoms with E-state index in [0.29, 0.717) is 5.69 Å². The van der Waals surface area contributed by atoms with Crippen LogP contribution < -0.4 is 11.3 Å². The molecule has 2 aromatic rings. The topological polar surface area (TPSA) is 63.8 Å². The molecule has 0 saturated heterocycles. The molecule has 0 aliphatic rings. The van der Waals surface area contributed by atoms with Crippen LogP contribution in [0.4, 0.5) is 14.7 Å². The standard InChI is InChI=1S/C11H10F2N4/c1-6-4-10(16-11(15-6)17-14)8-5-7(12)2-3-9(8)13/h2-5H,14H2,1H3,(H,15,16,17). The van der Waals surface area contributed by atoms with E-state index >= 15 is 0 Å². The Balaban J connectivity index is 2.59. The molecular formula is C11H10F2N4. The second kappa shape index (κ2) is 4.42. The van der Waals surface area contributed by atoms with E-state index in [1.54, 1.807) is 13.0 Å². The molecule has 0 saturated carbocycles. The molecule has 17 heavy (non-hydrogen) atoms. The number of hydrogen-bond donors (Lipinski definition) is 2. The first-order chi connectivity index (χ1) is 8.10. The van der Waals surface area contributed by atoms with E-state index in [1.807, 2.05) is 0 Å². The van der Waals surface area contributed by atoms with Crippen molar-refractivity contribution in [1.29, 1.82) is 0 Å². The fraction of sp³-hybridized carbons (Fsp3) is 0.0909. The molecule has 1 heterocycles. The van der Waals surface area contributed by atoms with Crippen LogP contribution in [0, 0.1) is 18.6 Å². The van der Waals surface area contributed by atoms with Crippen LogP contribution in [-0.2, 0) is 0 Å². The minimum Gasteiger partial charge on any atom is -0.292 e. The fourth-order valence-electron chi connectivity index (χ4n) is 1.46. The molecule has 88 valence electrons. The first-order valence-electron chi connectivity index (χ1n) is 4.88. The summed E-state index contributed by atoms with van der Waals surface area (Å²) in [4.78, 5) is 7.94. The van der Waals surface area contributed by atoms with Gasteiger partial charge in [0.1, 0.15) is 11.6 Å². The van der Waals surface area contributed by atoms with Gasteiger partial charge in [-0.3, -0.25) is 5.43 Å². The Labute approximate surface area is 96.5 Å². The summed E-state index contributed by atoms with van der Waals surface area (Å²) in [7, 11) is 0. The zero-order valence-electron chi connectivity index (χ0n) is 9.04. The number of rotatable bonds is 2. The summed E-state index contributed by atoms with van der Waals surface area (Å²) >= 11 is 0. The van der Waals surface area contributed by atoms with Gasteiger partial charge >= 0.3 is 0 Å². The third kappa shape index (κ3) is 2.36. The first kappa shape index (κ1) is 11.4. The Morgan fingerprint density at radius 1 is 1.18 bits per heavy atom. The predicted molar refractivity (Wildman–Crippen MR) is 59.9 cm³/mol. The molecule has 1 aromatic heterocycles. The Bertz CT molecular complexity index is 557. The van der Waals surface area contributed by atoms with Crippen LogP contribution in [0.3, 0.4) is 0 Å². The second-order valence-electron chi connectivity index (χ2n) is 3.49. The number of nitrogens with two attached hydrogens (primary N) is 1. The van der Waals surface area contributed by atoms with Crippen molar-refractivity contribution in [1.82, 2.24) is 9.97 Å². The third-order valence-corrected chi connectivity index (χ3v) is 2.19. The van der Waals surface area contributed by atoms with E-state index in [9.17, 15) is 8.78 Å². The third-order valence-electron chi connectivity index (χ3n) is 2.19. The molecule has 0 fully saturated rings. The number of nitrogen functional groups attached to an aromatic ring is 1. The summed E-state index contributed by atoms with van der Waals surface area (Å²) in [5, 5.41) is 0. The van der Waals surface area contributed by atoms with Crippen molar-refractivity contribution in [3.63, 3.8) is 0 Å². The Morgan fingerprint density at radius 2 is 1.94 bits per heavy atom. The van der Waals surface area contributed by atoms with Crippen LogP contribution in [0.1, 0.15) is 5.69 Å². The van der Waals surface area contributed by atoms with Gasteiger partial charge in [-0.1, -0.05) is 0 Å². The summed E-state index contributed by atoms with van der Waals surface area (Å²) in [5.41, 5.74) is 3.23. The van der Waals surface area contributed by atoms with Crippen LogP contribution in [0.25, 0.3) is 11.3 Å². The van der Waals surface area contributed by atoms with E-state index in [0.717, 1.165) is 18.2 Å². The van der Waals surface area contributed by atoms with Crippen molar-refractivity contribution in [3.05, 3.63) is 41.6 Å². The molecule has 6 heteroatoms. The van der Waals surface area contributed by atoms with Gasteiger partial charge in [-0.05, 0) is 31.2 Å². The quantitative estimate of drug-likeness (QED) is 0.618. The maximum atomic E-state index is 13.5. The van der Waals surface area contributed by atoms with E-state index in [-0.39, 0.29) is 17.2 Å². The largest absolute Gasteiger partial charge is 0.292 e. The van der Waals surface area contributed by atoms with Crippen molar-refractivity contribution in [2.45, 2.75) is 6.92 Å². The number of aryl methyl sites for hydroxylation is 1. The zero-order chi connectivity index (χ0) is 12.4. The van der Waals surface area contributed by atoms with E-state index < -0.39 is 11.6 Å². The summed E-state index contributed by atoms with van der Waals surface area (Å²) in [6.07, 6.45) is 0. The van der Waals surface area contributed by atoms with Gasteiger partial charge in [0.05, 0.1) is 5.69 Å². The maximum absolute atomic E-state index is 13.5. The summed E-state index contributed by atoms with van der Waals surface area (Å²) in [5.74, 6) is 4.27. The molecule has 0 radical (unpaired) electrons. The molecule has 0 atom stereocenters. The molecular weight excluding hydrogens is 226 g/mol. The number of hydrogen-bond acceptors (Lipinski definition) is 4. The van der Waals surface area contributed by atoms with Crippen LogP contribution in [-0.4, -0.2) is 9.97 Å². The van der Waals surface area contributed by atoms with Crippen molar-refractivity contribution in [2.24, 2.45) is 5.84 Å². The molecule has 2 rings (SSSR count). The number of benzene rings is 1. The number of nitrogens with one attached hydrogen (secondary N) is 1. The molecule has 0 amide bonds. The molecule has 0 aliphatic heterocycles. The van der Waals surface area contributed by atoms with Crippen molar-refractivity contribution >= 4 is 5.95 Å². The second-order valence-corrected chi connectivity index (χ2v) is 3.49. The van der Waals surface area contributed by atoms with Gasteiger partial charge in [-0.15, -0.1) is 0 Å². The average Bonchev–Trinajstić information content (AvgIpc) is 2.31. The van der Waals surface area contributed by atoms with E-state index in [4.69, 9.17) is 5.84 Å². The van der Waals surface area contributed by atoms with Gasteiger partial charge in [-0.2, -0.15) is 0 Å². The van der Waals surface area contributed by atoms with E-state index in [1.165, 1.54) is 0 Å². The number of nitrogens with zero attached hydrogens (tertiary/aromatic N) is 2. The lowest BCUT2D eigenvalue weighted by atomic mass is 10.1. The highest BCUT2D eigenvalue weighted by atomic mass is 19.1. The zero-order valence-corrected chi connectivity index (χ0v) is 9.04. The number of hydrazine groups is 1. The number of halogens is 2. The molecule has 0 aliphatic carbocycles. The molecule has 1 aromatic carbocycles. The predicted octanol–water partition coefficient (Wildman–Crippen LogP) is 2.02. The van der Waals surface area contributed by atoms with Crippen LogP contribution >= 0.6 is 0 Å². The van der Waals surface area contributed by atoms with Crippen molar-refractivity contribution < 1.29 is 8.78 Å². The van der Waals surface area contributed by atoms with Gasteiger partial charge in [0.25, 0.3) is 0 Å². The highest BCUT2D eigenvalue weighted by molar-refractivity contribution is 5.61. The normalized spacial score (nSPS) is 10.4. The first-order valence-corrected chi connectivity index (χ1v) is 4.88. The van der Waals surface area contributed by atoms with Gasteiger partial charge < -0.3 is 0 Å². The van der Waals surface area contributed by atoms with Crippen LogP contribution in [0.5, 0.6) is 0 Å². The molecule has 4 nitrogen and oxygen atoms in total. The lowest BCUT2D eigenvalue weighted by Gasteiger charge is -2.06. The molecule has 3 N–H and O–H groups in total. The highest BCUT2D eigenvalue weighted by Gasteiger charge is 2.10. The van der Waals surface area contributed by atoms with Crippen molar-refractivity contribution in [3.8, 4) is 11.3 Å². The average molecular weight is 236 g/mol. The molecule has 0 spiro atoms. The minimum atomic E-state index is -0.549. The number of aromatic nitrogens is 2. The minimum absolute atomic E-state index is 0.0759. The van der Waals surface area contributed by atoms with E-state index in [2.05, 4.69) is 15.4 Å². The SMILES string of the molecule is Cc1cc(-c2cc(F)ccc2F)nc(NN)n1. The van der Waals surface area contributed by atoms with Crippen LogP contribution in [0.15, 0.2) is 24.3 Å².